The van der Waals surface area contributed by atoms with Gasteiger partial charge in [0.15, 0.2) is 0 Å². The van der Waals surface area contributed by atoms with E-state index in [2.05, 4.69) is 27.9 Å². The molecule has 92 valence electrons. The molecule has 3 nitrogen and oxygen atoms in total. The van der Waals surface area contributed by atoms with Crippen molar-refractivity contribution in [3.05, 3.63) is 63.2 Å². The van der Waals surface area contributed by atoms with Crippen LogP contribution in [0.1, 0.15) is 15.9 Å². The number of carboxylic acids is 1. The molecule has 0 spiro atoms. The standard InChI is InChI=1S/C14H12INO2/c15-12-7-3-4-8-13(12)16-9-10-5-1-2-6-11(10)14(17)18/h1-8,16H,9H2,(H,17,18). The molecule has 18 heavy (non-hydrogen) atoms. The smallest absolute Gasteiger partial charge is 0.336 e. The second kappa shape index (κ2) is 5.86. The number of carboxylic acid groups (broad SMARTS) is 1. The van der Waals surface area contributed by atoms with Crippen molar-refractivity contribution in [1.82, 2.24) is 0 Å². The maximum absolute atomic E-state index is 11.1. The second-order valence-electron chi connectivity index (χ2n) is 3.80. The molecule has 0 aliphatic rings. The highest BCUT2D eigenvalue weighted by molar-refractivity contribution is 14.1. The van der Waals surface area contributed by atoms with E-state index in [0.29, 0.717) is 12.1 Å². The third-order valence-electron chi connectivity index (χ3n) is 2.59. The van der Waals surface area contributed by atoms with Crippen LogP contribution in [0.2, 0.25) is 0 Å². The first-order valence-corrected chi connectivity index (χ1v) is 6.56. The summed E-state index contributed by atoms with van der Waals surface area (Å²) >= 11 is 2.25. The quantitative estimate of drug-likeness (QED) is 0.826. The third kappa shape index (κ3) is 3.01. The van der Waals surface area contributed by atoms with Crippen molar-refractivity contribution in [2.75, 3.05) is 5.32 Å². The van der Waals surface area contributed by atoms with Gasteiger partial charge in [-0.1, -0.05) is 30.3 Å². The van der Waals surface area contributed by atoms with E-state index >= 15 is 0 Å². The van der Waals surface area contributed by atoms with Gasteiger partial charge in [-0.2, -0.15) is 0 Å². The molecule has 0 bridgehead atoms. The first-order valence-electron chi connectivity index (χ1n) is 5.48. The summed E-state index contributed by atoms with van der Waals surface area (Å²) in [6.45, 7) is 0.502. The molecule has 0 aliphatic heterocycles. The minimum absolute atomic E-state index is 0.343. The van der Waals surface area contributed by atoms with Crippen LogP contribution in [-0.2, 0) is 6.54 Å². The fourth-order valence-electron chi connectivity index (χ4n) is 1.68. The van der Waals surface area contributed by atoms with Crippen LogP contribution in [0.5, 0.6) is 0 Å². The number of para-hydroxylation sites is 1. The maximum atomic E-state index is 11.1. The molecule has 0 fully saturated rings. The number of carbonyl (C=O) groups is 1. The van der Waals surface area contributed by atoms with Crippen molar-refractivity contribution >= 4 is 34.2 Å². The number of nitrogens with one attached hydrogen (secondary N) is 1. The number of hydrogen-bond donors (Lipinski definition) is 2. The molecule has 2 aromatic rings. The lowest BCUT2D eigenvalue weighted by atomic mass is 10.1. The summed E-state index contributed by atoms with van der Waals surface area (Å²) in [5.41, 5.74) is 2.14. The van der Waals surface area contributed by atoms with Gasteiger partial charge in [-0.15, -0.1) is 0 Å². The number of halogens is 1. The lowest BCUT2D eigenvalue weighted by Crippen LogP contribution is -2.07. The zero-order valence-electron chi connectivity index (χ0n) is 9.56. The fourth-order valence-corrected chi connectivity index (χ4v) is 2.26. The molecule has 0 aliphatic carbocycles. The van der Waals surface area contributed by atoms with Crippen molar-refractivity contribution in [2.24, 2.45) is 0 Å². The Morgan fingerprint density at radius 1 is 1.11 bits per heavy atom. The molecule has 0 atom stereocenters. The van der Waals surface area contributed by atoms with Gasteiger partial charge in [0.2, 0.25) is 0 Å². The Morgan fingerprint density at radius 3 is 2.50 bits per heavy atom. The molecule has 0 radical (unpaired) electrons. The van der Waals surface area contributed by atoms with E-state index in [-0.39, 0.29) is 0 Å². The molecule has 0 saturated carbocycles. The Bertz CT molecular complexity index is 569. The fraction of sp³-hybridized carbons (Fsp3) is 0.0714. The van der Waals surface area contributed by atoms with Crippen LogP contribution in [-0.4, -0.2) is 11.1 Å². The number of rotatable bonds is 4. The zero-order chi connectivity index (χ0) is 13.0. The molecular weight excluding hydrogens is 341 g/mol. The van der Waals surface area contributed by atoms with Crippen molar-refractivity contribution < 1.29 is 9.90 Å². The summed E-state index contributed by atoms with van der Waals surface area (Å²) in [4.78, 5) is 11.1. The Balaban J connectivity index is 2.16. The van der Waals surface area contributed by atoms with Crippen LogP contribution >= 0.6 is 22.6 Å². The molecular formula is C14H12INO2. The molecule has 2 aromatic carbocycles. The Hall–Kier alpha value is -1.56. The molecule has 0 saturated heterocycles. The van der Waals surface area contributed by atoms with Crippen LogP contribution in [0, 0.1) is 3.57 Å². The van der Waals surface area contributed by atoms with Gasteiger partial charge in [0.25, 0.3) is 0 Å². The first-order chi connectivity index (χ1) is 8.68. The second-order valence-corrected chi connectivity index (χ2v) is 4.96. The highest BCUT2D eigenvalue weighted by Gasteiger charge is 2.08. The Labute approximate surface area is 119 Å². The van der Waals surface area contributed by atoms with Gasteiger partial charge in [0.05, 0.1) is 5.56 Å². The van der Waals surface area contributed by atoms with E-state index < -0.39 is 5.97 Å². The van der Waals surface area contributed by atoms with Gasteiger partial charge in [0.1, 0.15) is 0 Å². The largest absolute Gasteiger partial charge is 0.478 e. The van der Waals surface area contributed by atoms with Crippen molar-refractivity contribution in [3.8, 4) is 0 Å². The van der Waals surface area contributed by atoms with E-state index in [1.165, 1.54) is 0 Å². The zero-order valence-corrected chi connectivity index (χ0v) is 11.7. The van der Waals surface area contributed by atoms with Gasteiger partial charge < -0.3 is 10.4 Å². The van der Waals surface area contributed by atoms with Crippen LogP contribution in [0.15, 0.2) is 48.5 Å². The number of hydrogen-bond acceptors (Lipinski definition) is 2. The first kappa shape index (κ1) is 12.9. The summed E-state index contributed by atoms with van der Waals surface area (Å²) in [5.74, 6) is -0.893. The van der Waals surface area contributed by atoms with Crippen LogP contribution < -0.4 is 5.32 Å². The monoisotopic (exact) mass is 353 g/mol. The van der Waals surface area contributed by atoms with E-state index in [1.807, 2.05) is 36.4 Å². The normalized spacial score (nSPS) is 10.1. The number of aromatic carboxylic acids is 1. The average molecular weight is 353 g/mol. The summed E-state index contributed by atoms with van der Waals surface area (Å²) in [6.07, 6.45) is 0. The van der Waals surface area contributed by atoms with Crippen LogP contribution in [0.25, 0.3) is 0 Å². The molecule has 0 aromatic heterocycles. The van der Waals surface area contributed by atoms with E-state index in [4.69, 9.17) is 5.11 Å². The highest BCUT2D eigenvalue weighted by Crippen LogP contribution is 2.18. The van der Waals surface area contributed by atoms with E-state index in [0.717, 1.165) is 14.8 Å². The predicted molar refractivity (Wildman–Crippen MR) is 79.9 cm³/mol. The van der Waals surface area contributed by atoms with Crippen LogP contribution in [0.3, 0.4) is 0 Å². The minimum Gasteiger partial charge on any atom is -0.478 e. The minimum atomic E-state index is -0.893. The van der Waals surface area contributed by atoms with Gasteiger partial charge in [-0.25, -0.2) is 4.79 Å². The van der Waals surface area contributed by atoms with Crippen molar-refractivity contribution in [2.45, 2.75) is 6.54 Å². The maximum Gasteiger partial charge on any atom is 0.336 e. The summed E-state index contributed by atoms with van der Waals surface area (Å²) in [7, 11) is 0. The molecule has 2 rings (SSSR count). The van der Waals surface area contributed by atoms with E-state index in [9.17, 15) is 4.79 Å². The lowest BCUT2D eigenvalue weighted by molar-refractivity contribution is 0.0696. The molecule has 4 heteroatoms. The topological polar surface area (TPSA) is 49.3 Å². The average Bonchev–Trinajstić information content (AvgIpc) is 2.38. The van der Waals surface area contributed by atoms with Crippen molar-refractivity contribution in [3.63, 3.8) is 0 Å². The summed E-state index contributed by atoms with van der Waals surface area (Å²) in [6, 6.07) is 14.9. The molecule has 0 unspecified atom stereocenters. The Morgan fingerprint density at radius 2 is 1.78 bits per heavy atom. The number of anilines is 1. The lowest BCUT2D eigenvalue weighted by Gasteiger charge is -2.10. The third-order valence-corrected chi connectivity index (χ3v) is 3.53. The van der Waals surface area contributed by atoms with Crippen LogP contribution in [0.4, 0.5) is 5.69 Å². The van der Waals surface area contributed by atoms with E-state index in [1.54, 1.807) is 12.1 Å². The Kier molecular flexibility index (Phi) is 4.19. The van der Waals surface area contributed by atoms with Gasteiger partial charge >= 0.3 is 5.97 Å². The number of benzene rings is 2. The van der Waals surface area contributed by atoms with Crippen molar-refractivity contribution in [1.29, 1.82) is 0 Å². The molecule has 0 amide bonds. The van der Waals surface area contributed by atoms with Gasteiger partial charge in [-0.05, 0) is 46.4 Å². The SMILES string of the molecule is O=C(O)c1ccccc1CNc1ccccc1I. The predicted octanol–water partition coefficient (Wildman–Crippen LogP) is 3.60. The summed E-state index contributed by atoms with van der Waals surface area (Å²) < 4.78 is 1.11. The van der Waals surface area contributed by atoms with Gasteiger partial charge in [-0.3, -0.25) is 0 Å². The molecule has 0 heterocycles. The summed E-state index contributed by atoms with van der Waals surface area (Å²) in [5, 5.41) is 12.3. The highest BCUT2D eigenvalue weighted by atomic mass is 127. The van der Waals surface area contributed by atoms with Gasteiger partial charge in [0, 0.05) is 15.8 Å². The molecule has 2 N–H and O–H groups in total.